The maximum Gasteiger partial charge on any atom is 0.244 e. The Balaban J connectivity index is 1.64. The van der Waals surface area contributed by atoms with Crippen LogP contribution in [0.4, 0.5) is 11.4 Å². The SMILES string of the molecule is NC1(C(=O)Nc2cccc(NC(=O)C3CC3)c2)CCCCC1. The van der Waals surface area contributed by atoms with Gasteiger partial charge in [0.1, 0.15) is 0 Å². The summed E-state index contributed by atoms with van der Waals surface area (Å²) in [5, 5.41) is 5.78. The molecule has 0 unspecified atom stereocenters. The summed E-state index contributed by atoms with van der Waals surface area (Å²) in [5.74, 6) is 0.0942. The second kappa shape index (κ2) is 6.08. The molecule has 2 amide bonds. The van der Waals surface area contributed by atoms with Crippen LogP contribution in [0.1, 0.15) is 44.9 Å². The molecule has 5 nitrogen and oxygen atoms in total. The molecule has 2 saturated carbocycles. The van der Waals surface area contributed by atoms with Crippen molar-refractivity contribution < 1.29 is 9.59 Å². The Bertz CT molecular complexity index is 575. The number of rotatable bonds is 4. The third-order valence-electron chi connectivity index (χ3n) is 4.53. The van der Waals surface area contributed by atoms with E-state index in [1.165, 1.54) is 0 Å². The van der Waals surface area contributed by atoms with Gasteiger partial charge < -0.3 is 16.4 Å². The first-order valence-corrected chi connectivity index (χ1v) is 8.08. The Labute approximate surface area is 130 Å². The van der Waals surface area contributed by atoms with Gasteiger partial charge >= 0.3 is 0 Å². The molecule has 22 heavy (non-hydrogen) atoms. The molecule has 0 aliphatic heterocycles. The van der Waals surface area contributed by atoms with Gasteiger partial charge in [-0.25, -0.2) is 0 Å². The molecule has 0 heterocycles. The van der Waals surface area contributed by atoms with E-state index in [2.05, 4.69) is 10.6 Å². The Morgan fingerprint density at radius 3 is 2.32 bits per heavy atom. The van der Waals surface area contributed by atoms with Crippen LogP contribution in [0.25, 0.3) is 0 Å². The molecule has 0 bridgehead atoms. The molecule has 1 aromatic carbocycles. The van der Waals surface area contributed by atoms with E-state index in [1.807, 2.05) is 18.2 Å². The van der Waals surface area contributed by atoms with Gasteiger partial charge in [-0.2, -0.15) is 0 Å². The average Bonchev–Trinajstić information content (AvgIpc) is 3.33. The van der Waals surface area contributed by atoms with E-state index >= 15 is 0 Å². The molecule has 3 rings (SSSR count). The Kier molecular flexibility index (Phi) is 4.16. The lowest BCUT2D eigenvalue weighted by atomic mass is 9.82. The first-order chi connectivity index (χ1) is 10.6. The van der Waals surface area contributed by atoms with Crippen molar-refractivity contribution in [3.8, 4) is 0 Å². The Morgan fingerprint density at radius 1 is 1.05 bits per heavy atom. The number of carbonyl (C=O) groups excluding carboxylic acids is 2. The van der Waals surface area contributed by atoms with Crippen LogP contribution in [0.15, 0.2) is 24.3 Å². The number of hydrogen-bond acceptors (Lipinski definition) is 3. The van der Waals surface area contributed by atoms with E-state index in [1.54, 1.807) is 6.07 Å². The second-order valence-corrected chi connectivity index (χ2v) is 6.52. The zero-order valence-corrected chi connectivity index (χ0v) is 12.7. The van der Waals surface area contributed by atoms with E-state index in [0.717, 1.165) is 44.9 Å². The molecule has 118 valence electrons. The van der Waals surface area contributed by atoms with E-state index < -0.39 is 5.54 Å². The molecule has 5 heteroatoms. The van der Waals surface area contributed by atoms with Gasteiger partial charge in [0.25, 0.3) is 0 Å². The third kappa shape index (κ3) is 3.47. The normalized spacial score (nSPS) is 20.2. The summed E-state index contributed by atoms with van der Waals surface area (Å²) in [6.45, 7) is 0. The van der Waals surface area contributed by atoms with Crippen molar-refractivity contribution in [3.63, 3.8) is 0 Å². The van der Waals surface area contributed by atoms with Crippen molar-refractivity contribution in [1.29, 1.82) is 0 Å². The van der Waals surface area contributed by atoms with Crippen LogP contribution in [0.2, 0.25) is 0 Å². The molecule has 0 atom stereocenters. The molecule has 1 aromatic rings. The second-order valence-electron chi connectivity index (χ2n) is 6.52. The fraction of sp³-hybridized carbons (Fsp3) is 0.529. The standard InChI is InChI=1S/C17H23N3O2/c18-17(9-2-1-3-10-17)16(22)20-14-6-4-5-13(11-14)19-15(21)12-7-8-12/h4-6,11-12H,1-3,7-10,18H2,(H,19,21)(H,20,22). The lowest BCUT2D eigenvalue weighted by molar-refractivity contribution is -0.122. The van der Waals surface area contributed by atoms with Crippen LogP contribution in [0.5, 0.6) is 0 Å². The molecular weight excluding hydrogens is 278 g/mol. The van der Waals surface area contributed by atoms with Gasteiger partial charge in [-0.1, -0.05) is 25.3 Å². The topological polar surface area (TPSA) is 84.2 Å². The lowest BCUT2D eigenvalue weighted by Crippen LogP contribution is -2.52. The number of anilines is 2. The molecule has 0 aromatic heterocycles. The molecule has 0 radical (unpaired) electrons. The van der Waals surface area contributed by atoms with Gasteiger partial charge in [0.15, 0.2) is 0 Å². The van der Waals surface area contributed by atoms with Crippen LogP contribution in [-0.2, 0) is 9.59 Å². The van der Waals surface area contributed by atoms with Crippen molar-refractivity contribution in [1.82, 2.24) is 0 Å². The van der Waals surface area contributed by atoms with E-state index in [-0.39, 0.29) is 17.7 Å². The summed E-state index contributed by atoms with van der Waals surface area (Å²) in [6, 6.07) is 7.25. The van der Waals surface area contributed by atoms with Crippen LogP contribution >= 0.6 is 0 Å². The van der Waals surface area contributed by atoms with Gasteiger partial charge in [0.05, 0.1) is 5.54 Å². The Hall–Kier alpha value is -1.88. The van der Waals surface area contributed by atoms with Gasteiger partial charge in [0, 0.05) is 17.3 Å². The Morgan fingerprint density at radius 2 is 1.68 bits per heavy atom. The molecule has 2 aliphatic carbocycles. The number of nitrogens with two attached hydrogens (primary N) is 1. The minimum absolute atomic E-state index is 0.0612. The van der Waals surface area contributed by atoms with Crippen LogP contribution < -0.4 is 16.4 Å². The van der Waals surface area contributed by atoms with E-state index in [4.69, 9.17) is 5.73 Å². The van der Waals surface area contributed by atoms with Crippen molar-refractivity contribution in [2.24, 2.45) is 11.7 Å². The summed E-state index contributed by atoms with van der Waals surface area (Å²) in [5.41, 5.74) is 6.86. The van der Waals surface area contributed by atoms with E-state index in [0.29, 0.717) is 11.4 Å². The van der Waals surface area contributed by atoms with Crippen LogP contribution in [-0.4, -0.2) is 17.4 Å². The number of carbonyl (C=O) groups is 2. The van der Waals surface area contributed by atoms with Gasteiger partial charge in [-0.3, -0.25) is 9.59 Å². The first kappa shape index (κ1) is 15.0. The number of nitrogens with one attached hydrogen (secondary N) is 2. The highest BCUT2D eigenvalue weighted by atomic mass is 16.2. The molecular formula is C17H23N3O2. The molecule has 2 fully saturated rings. The molecule has 0 spiro atoms. The molecule has 0 saturated heterocycles. The van der Waals surface area contributed by atoms with Gasteiger partial charge in [-0.05, 0) is 43.9 Å². The largest absolute Gasteiger partial charge is 0.326 e. The maximum atomic E-state index is 12.4. The minimum Gasteiger partial charge on any atom is -0.326 e. The predicted octanol–water partition coefficient (Wildman–Crippen LogP) is 2.64. The number of hydrogen-bond donors (Lipinski definition) is 3. The minimum atomic E-state index is -0.758. The monoisotopic (exact) mass is 301 g/mol. The average molecular weight is 301 g/mol. The van der Waals surface area contributed by atoms with Crippen molar-refractivity contribution in [3.05, 3.63) is 24.3 Å². The van der Waals surface area contributed by atoms with E-state index in [9.17, 15) is 9.59 Å². The van der Waals surface area contributed by atoms with Crippen LogP contribution in [0.3, 0.4) is 0 Å². The van der Waals surface area contributed by atoms with Crippen molar-refractivity contribution >= 4 is 23.2 Å². The van der Waals surface area contributed by atoms with Crippen molar-refractivity contribution in [2.45, 2.75) is 50.5 Å². The number of benzene rings is 1. The highest BCUT2D eigenvalue weighted by molar-refractivity contribution is 5.99. The fourth-order valence-electron chi connectivity index (χ4n) is 2.93. The fourth-order valence-corrected chi connectivity index (χ4v) is 2.93. The van der Waals surface area contributed by atoms with Crippen LogP contribution in [0, 0.1) is 5.92 Å². The smallest absolute Gasteiger partial charge is 0.244 e. The zero-order valence-electron chi connectivity index (χ0n) is 12.7. The predicted molar refractivity (Wildman–Crippen MR) is 86.4 cm³/mol. The summed E-state index contributed by atoms with van der Waals surface area (Å²) < 4.78 is 0. The maximum absolute atomic E-state index is 12.4. The lowest BCUT2D eigenvalue weighted by Gasteiger charge is -2.31. The van der Waals surface area contributed by atoms with Gasteiger partial charge in [0.2, 0.25) is 11.8 Å². The summed E-state index contributed by atoms with van der Waals surface area (Å²) in [7, 11) is 0. The highest BCUT2D eigenvalue weighted by Crippen LogP contribution is 2.31. The van der Waals surface area contributed by atoms with Gasteiger partial charge in [-0.15, -0.1) is 0 Å². The molecule has 2 aliphatic rings. The molecule has 4 N–H and O–H groups in total. The summed E-state index contributed by atoms with van der Waals surface area (Å²) >= 11 is 0. The van der Waals surface area contributed by atoms with Crippen molar-refractivity contribution in [2.75, 3.05) is 10.6 Å². The zero-order chi connectivity index (χ0) is 15.6. The summed E-state index contributed by atoms with van der Waals surface area (Å²) in [4.78, 5) is 24.2. The third-order valence-corrected chi connectivity index (χ3v) is 4.53. The number of amides is 2. The first-order valence-electron chi connectivity index (χ1n) is 8.08. The quantitative estimate of drug-likeness (QED) is 0.799. The highest BCUT2D eigenvalue weighted by Gasteiger charge is 2.35. The summed E-state index contributed by atoms with van der Waals surface area (Å²) in [6.07, 6.45) is 6.56.